The second kappa shape index (κ2) is 11.2. The van der Waals surface area contributed by atoms with Gasteiger partial charge >= 0.3 is 0 Å². The van der Waals surface area contributed by atoms with Gasteiger partial charge in [-0.2, -0.15) is 0 Å². The molecule has 1 amide bonds. The number of halogens is 3. The van der Waals surface area contributed by atoms with Gasteiger partial charge in [-0.3, -0.25) is 4.79 Å². The van der Waals surface area contributed by atoms with Crippen molar-refractivity contribution in [2.45, 2.75) is 25.7 Å². The molecule has 3 rings (SSSR count). The minimum Gasteiger partial charge on any atom is -0.441 e. The van der Waals surface area contributed by atoms with E-state index in [1.165, 1.54) is 18.7 Å². The predicted octanol–water partition coefficient (Wildman–Crippen LogP) is 3.37. The lowest BCUT2D eigenvalue weighted by molar-refractivity contribution is -0.121. The Hall–Kier alpha value is -1.63. The Labute approximate surface area is 165 Å². The molecule has 0 radical (unpaired) electrons. The number of aryl methyl sites for hydroxylation is 1. The average molecular weight is 404 g/mol. The van der Waals surface area contributed by atoms with E-state index in [0.29, 0.717) is 42.5 Å². The first-order valence-electron chi connectivity index (χ1n) is 8.39. The van der Waals surface area contributed by atoms with E-state index in [9.17, 15) is 9.18 Å². The van der Waals surface area contributed by atoms with E-state index in [1.54, 1.807) is 18.2 Å². The first-order valence-corrected chi connectivity index (χ1v) is 8.39. The van der Waals surface area contributed by atoms with Crippen LogP contribution in [0.3, 0.4) is 0 Å². The highest BCUT2D eigenvalue weighted by atomic mass is 35.5. The molecule has 8 heteroatoms. The normalized spacial score (nSPS) is 15.8. The van der Waals surface area contributed by atoms with Gasteiger partial charge in [-0.05, 0) is 44.0 Å². The van der Waals surface area contributed by atoms with Crippen LogP contribution in [0, 0.1) is 11.7 Å². The van der Waals surface area contributed by atoms with Crippen LogP contribution in [0.4, 0.5) is 4.39 Å². The molecule has 1 saturated heterocycles. The second-order valence-electron chi connectivity index (χ2n) is 6.10. The molecule has 1 atom stereocenters. The maximum absolute atomic E-state index is 13.7. The van der Waals surface area contributed by atoms with Crippen LogP contribution in [0.1, 0.15) is 25.2 Å². The van der Waals surface area contributed by atoms with E-state index in [1.807, 2.05) is 0 Å². The highest BCUT2D eigenvalue weighted by molar-refractivity contribution is 5.85. The minimum atomic E-state index is -0.348. The number of benzene rings is 1. The van der Waals surface area contributed by atoms with Crippen molar-refractivity contribution in [1.82, 2.24) is 15.6 Å². The summed E-state index contributed by atoms with van der Waals surface area (Å²) in [5, 5.41) is 6.25. The van der Waals surface area contributed by atoms with Crippen molar-refractivity contribution < 1.29 is 13.6 Å². The predicted molar refractivity (Wildman–Crippen MR) is 103 cm³/mol. The van der Waals surface area contributed by atoms with Crippen molar-refractivity contribution in [2.75, 3.05) is 19.6 Å². The fraction of sp³-hybridized carbons (Fsp3) is 0.444. The smallest absolute Gasteiger partial charge is 0.220 e. The van der Waals surface area contributed by atoms with Crippen molar-refractivity contribution in [2.24, 2.45) is 5.92 Å². The third kappa shape index (κ3) is 6.27. The summed E-state index contributed by atoms with van der Waals surface area (Å²) in [6, 6.07) is 6.39. The number of oxazole rings is 1. The summed E-state index contributed by atoms with van der Waals surface area (Å²) in [7, 11) is 0. The SMILES string of the molecule is Cl.Cl.O=C(CCc1ncc(-c2ccccc2F)o1)NCCC1CCNC1. The molecular formula is C18H24Cl2FN3O2. The molecule has 2 aromatic rings. The van der Waals surface area contributed by atoms with Crippen LogP contribution >= 0.6 is 24.8 Å². The fourth-order valence-corrected chi connectivity index (χ4v) is 2.90. The molecule has 5 nitrogen and oxygen atoms in total. The van der Waals surface area contributed by atoms with E-state index in [2.05, 4.69) is 15.6 Å². The highest BCUT2D eigenvalue weighted by Crippen LogP contribution is 2.23. The standard InChI is InChI=1S/C18H22FN3O2.2ClH/c19-15-4-2-1-3-14(15)16-12-22-18(24-16)6-5-17(23)21-10-8-13-7-9-20-11-13;;/h1-4,12-13,20H,5-11H2,(H,21,23);2*1H. The zero-order chi connectivity index (χ0) is 16.8. The summed E-state index contributed by atoms with van der Waals surface area (Å²) in [5.41, 5.74) is 0.380. The van der Waals surface area contributed by atoms with Crippen LogP contribution in [-0.2, 0) is 11.2 Å². The van der Waals surface area contributed by atoms with Crippen molar-refractivity contribution in [3.8, 4) is 11.3 Å². The molecule has 2 heterocycles. The van der Waals surface area contributed by atoms with Gasteiger partial charge in [-0.1, -0.05) is 12.1 Å². The largest absolute Gasteiger partial charge is 0.441 e. The lowest BCUT2D eigenvalue weighted by Crippen LogP contribution is -2.26. The first kappa shape index (κ1) is 22.4. The second-order valence-corrected chi connectivity index (χ2v) is 6.10. The Kier molecular flexibility index (Phi) is 9.62. The van der Waals surface area contributed by atoms with Crippen LogP contribution in [0.5, 0.6) is 0 Å². The number of amides is 1. The third-order valence-corrected chi connectivity index (χ3v) is 4.30. The van der Waals surface area contributed by atoms with Gasteiger partial charge in [0.1, 0.15) is 5.82 Å². The minimum absolute atomic E-state index is 0. The Morgan fingerprint density at radius 3 is 2.88 bits per heavy atom. The number of hydrogen-bond acceptors (Lipinski definition) is 4. The Balaban J connectivity index is 0.00000169. The lowest BCUT2D eigenvalue weighted by Gasteiger charge is -2.08. The molecule has 1 fully saturated rings. The lowest BCUT2D eigenvalue weighted by atomic mass is 10.1. The summed E-state index contributed by atoms with van der Waals surface area (Å²) in [6.07, 6.45) is 4.42. The highest BCUT2D eigenvalue weighted by Gasteiger charge is 2.15. The topological polar surface area (TPSA) is 67.2 Å². The summed E-state index contributed by atoms with van der Waals surface area (Å²) in [6.45, 7) is 2.83. The van der Waals surface area contributed by atoms with Gasteiger partial charge in [0.25, 0.3) is 0 Å². The van der Waals surface area contributed by atoms with Crippen molar-refractivity contribution in [3.05, 3.63) is 42.2 Å². The van der Waals surface area contributed by atoms with E-state index >= 15 is 0 Å². The quantitative estimate of drug-likeness (QED) is 0.743. The van der Waals surface area contributed by atoms with Crippen molar-refractivity contribution >= 4 is 30.7 Å². The van der Waals surface area contributed by atoms with E-state index < -0.39 is 0 Å². The van der Waals surface area contributed by atoms with Crippen molar-refractivity contribution in [1.29, 1.82) is 0 Å². The molecule has 1 aromatic carbocycles. The molecular weight excluding hydrogens is 380 g/mol. The van der Waals surface area contributed by atoms with Gasteiger partial charge in [-0.15, -0.1) is 24.8 Å². The number of aromatic nitrogens is 1. The molecule has 1 aliphatic heterocycles. The van der Waals surface area contributed by atoms with Gasteiger partial charge in [0.2, 0.25) is 5.91 Å². The van der Waals surface area contributed by atoms with Crippen LogP contribution < -0.4 is 10.6 Å². The molecule has 0 saturated carbocycles. The summed E-state index contributed by atoms with van der Waals surface area (Å²) < 4.78 is 19.3. The van der Waals surface area contributed by atoms with Crippen LogP contribution in [0.15, 0.2) is 34.9 Å². The Morgan fingerprint density at radius 1 is 1.35 bits per heavy atom. The van der Waals surface area contributed by atoms with Crippen LogP contribution in [0.25, 0.3) is 11.3 Å². The summed E-state index contributed by atoms with van der Waals surface area (Å²) >= 11 is 0. The number of hydrogen-bond donors (Lipinski definition) is 2. The Bertz CT molecular complexity index is 691. The maximum Gasteiger partial charge on any atom is 0.220 e. The molecule has 0 spiro atoms. The molecule has 26 heavy (non-hydrogen) atoms. The van der Waals surface area contributed by atoms with Crippen LogP contribution in [-0.4, -0.2) is 30.5 Å². The molecule has 1 aromatic heterocycles. The van der Waals surface area contributed by atoms with Gasteiger partial charge < -0.3 is 15.1 Å². The molecule has 144 valence electrons. The monoisotopic (exact) mass is 403 g/mol. The first-order chi connectivity index (χ1) is 11.7. The van der Waals surface area contributed by atoms with Crippen LogP contribution in [0.2, 0.25) is 0 Å². The molecule has 1 aliphatic rings. The number of nitrogens with one attached hydrogen (secondary N) is 2. The number of carbonyl (C=O) groups is 1. The van der Waals surface area contributed by atoms with Gasteiger partial charge in [-0.25, -0.2) is 9.37 Å². The zero-order valence-electron chi connectivity index (χ0n) is 14.4. The molecule has 0 bridgehead atoms. The summed E-state index contributed by atoms with van der Waals surface area (Å²) in [5.74, 6) is 1.15. The van der Waals surface area contributed by atoms with E-state index in [4.69, 9.17) is 4.42 Å². The summed E-state index contributed by atoms with van der Waals surface area (Å²) in [4.78, 5) is 16.0. The number of carbonyl (C=O) groups excluding carboxylic acids is 1. The van der Waals surface area contributed by atoms with Crippen molar-refractivity contribution in [3.63, 3.8) is 0 Å². The average Bonchev–Trinajstić information content (AvgIpc) is 3.25. The maximum atomic E-state index is 13.7. The molecule has 2 N–H and O–H groups in total. The molecule has 0 aliphatic carbocycles. The fourth-order valence-electron chi connectivity index (χ4n) is 2.90. The van der Waals surface area contributed by atoms with E-state index in [-0.39, 0.29) is 36.5 Å². The number of nitrogens with zero attached hydrogens (tertiary/aromatic N) is 1. The Morgan fingerprint density at radius 2 is 2.15 bits per heavy atom. The zero-order valence-corrected chi connectivity index (χ0v) is 16.0. The number of rotatable bonds is 7. The van der Waals surface area contributed by atoms with E-state index in [0.717, 1.165) is 19.5 Å². The third-order valence-electron chi connectivity index (χ3n) is 4.30. The van der Waals surface area contributed by atoms with Gasteiger partial charge in [0.05, 0.1) is 11.8 Å². The van der Waals surface area contributed by atoms with Gasteiger partial charge in [0, 0.05) is 19.4 Å². The van der Waals surface area contributed by atoms with Gasteiger partial charge in [0.15, 0.2) is 11.7 Å². The molecule has 1 unspecified atom stereocenters.